The summed E-state index contributed by atoms with van der Waals surface area (Å²) in [5, 5.41) is 2.84. The van der Waals surface area contributed by atoms with Crippen LogP contribution < -0.4 is 5.32 Å². The molecule has 3 rings (SSSR count). The van der Waals surface area contributed by atoms with Gasteiger partial charge in [-0.05, 0) is 88.4 Å². The lowest BCUT2D eigenvalue weighted by Crippen LogP contribution is -2.64. The molecule has 2 saturated heterocycles. The fourth-order valence-electron chi connectivity index (χ4n) is 8.38. The molecule has 312 valence electrons. The van der Waals surface area contributed by atoms with E-state index in [1.54, 1.807) is 12.1 Å². The van der Waals surface area contributed by atoms with Gasteiger partial charge in [-0.2, -0.15) is 0 Å². The van der Waals surface area contributed by atoms with Crippen molar-refractivity contribution in [1.82, 2.24) is 15.1 Å². The first-order valence-electron chi connectivity index (χ1n) is 22.9. The van der Waals surface area contributed by atoms with Crippen molar-refractivity contribution in [3.05, 3.63) is 41.7 Å². The number of halogens is 1. The molecular weight excluding hydrogens is 690 g/mol. The van der Waals surface area contributed by atoms with E-state index in [0.29, 0.717) is 43.4 Å². The highest BCUT2D eigenvalue weighted by atomic mass is 19.1. The van der Waals surface area contributed by atoms with Crippen molar-refractivity contribution in [3.63, 3.8) is 0 Å². The number of nitrogens with zero attached hydrogens (tertiary/aromatic N) is 2. The minimum atomic E-state index is -0.649. The second kappa shape index (κ2) is 28.8. The van der Waals surface area contributed by atoms with E-state index in [-0.39, 0.29) is 23.6 Å². The molecule has 0 aliphatic carbocycles. The summed E-state index contributed by atoms with van der Waals surface area (Å²) in [4.78, 5) is 44.5. The number of ether oxygens (including phenoxy) is 1. The van der Waals surface area contributed by atoms with Gasteiger partial charge in [-0.25, -0.2) is 4.39 Å². The van der Waals surface area contributed by atoms with Crippen LogP contribution in [0.2, 0.25) is 0 Å². The first-order valence-corrected chi connectivity index (χ1v) is 22.9. The molecule has 0 spiro atoms. The lowest BCUT2D eigenvalue weighted by molar-refractivity contribution is -0.143. The highest BCUT2D eigenvalue weighted by Gasteiger charge is 2.46. The van der Waals surface area contributed by atoms with Crippen molar-refractivity contribution in [1.29, 1.82) is 0 Å². The number of carbonyl (C=O) groups excluding carboxylic acids is 3. The third kappa shape index (κ3) is 18.9. The number of hydrogen-bond acceptors (Lipinski definition) is 6. The Hall–Kier alpha value is -2.58. The molecule has 0 bridgehead atoms. The topological polar surface area (TPSA) is 79.0 Å². The average Bonchev–Trinajstić information content (AvgIpc) is 3.20. The van der Waals surface area contributed by atoms with Crippen LogP contribution in [0.3, 0.4) is 0 Å². The number of imide groups is 1. The SMILES string of the molecule is CCCCCCCCCCCCC(=O)NC(=O)C1(N2CCCCC2)CCN(CC/C=C(\OC(=O)CCCCCCCCCCCC)c2ccc(F)cc2)CC1. The molecule has 2 fully saturated rings. The molecule has 0 aromatic heterocycles. The van der Waals surface area contributed by atoms with Gasteiger partial charge in [-0.3, -0.25) is 24.6 Å². The molecule has 0 atom stereocenters. The van der Waals surface area contributed by atoms with Crippen molar-refractivity contribution >= 4 is 23.5 Å². The van der Waals surface area contributed by atoms with Crippen molar-refractivity contribution in [2.75, 3.05) is 32.7 Å². The van der Waals surface area contributed by atoms with E-state index < -0.39 is 5.54 Å². The largest absolute Gasteiger partial charge is 0.426 e. The monoisotopic (exact) mass is 768 g/mol. The Morgan fingerprint density at radius 1 is 0.673 bits per heavy atom. The predicted octanol–water partition coefficient (Wildman–Crippen LogP) is 11.7. The smallest absolute Gasteiger partial charge is 0.311 e. The van der Waals surface area contributed by atoms with Gasteiger partial charge < -0.3 is 9.64 Å². The molecule has 7 nitrogen and oxygen atoms in total. The van der Waals surface area contributed by atoms with Crippen LogP contribution in [-0.4, -0.2) is 65.8 Å². The van der Waals surface area contributed by atoms with Gasteiger partial charge in [-0.15, -0.1) is 0 Å². The fraction of sp³-hybridized carbons (Fsp3) is 0.766. The highest BCUT2D eigenvalue weighted by Crippen LogP contribution is 2.32. The standard InChI is InChI=1S/C47H78FN3O4/c1-3-5-7-9-11-13-15-17-19-22-28-44(52)49-46(54)47(51-37-24-21-25-38-51)34-39-50(40-35-47)36-26-27-43(41-30-32-42(48)33-31-41)55-45(53)29-23-20-18-16-14-12-10-8-6-4-2/h27,30-33H,3-26,28-29,34-40H2,1-2H3,(H,49,52,54)/b43-27-. The Bertz CT molecular complexity index is 1220. The number of esters is 1. The van der Waals surface area contributed by atoms with E-state index in [4.69, 9.17) is 4.74 Å². The number of unbranched alkanes of at least 4 members (excludes halogenated alkanes) is 18. The van der Waals surface area contributed by atoms with Crippen LogP contribution >= 0.6 is 0 Å². The average molecular weight is 768 g/mol. The van der Waals surface area contributed by atoms with Gasteiger partial charge in [0.1, 0.15) is 17.1 Å². The lowest BCUT2D eigenvalue weighted by Gasteiger charge is -2.48. The minimum absolute atomic E-state index is 0.112. The summed E-state index contributed by atoms with van der Waals surface area (Å²) in [5.41, 5.74) is 0.0450. The normalized spacial score (nSPS) is 16.6. The number of likely N-dealkylation sites (tertiary alicyclic amines) is 2. The minimum Gasteiger partial charge on any atom is -0.426 e. The second-order valence-electron chi connectivity index (χ2n) is 16.5. The van der Waals surface area contributed by atoms with Crippen LogP contribution in [0.25, 0.3) is 5.76 Å². The molecule has 2 aliphatic rings. The number of nitrogens with one attached hydrogen (secondary N) is 1. The Morgan fingerprint density at radius 3 is 1.69 bits per heavy atom. The molecule has 0 saturated carbocycles. The summed E-state index contributed by atoms with van der Waals surface area (Å²) in [6, 6.07) is 6.13. The van der Waals surface area contributed by atoms with Crippen LogP contribution in [-0.2, 0) is 19.1 Å². The maximum Gasteiger partial charge on any atom is 0.311 e. The van der Waals surface area contributed by atoms with E-state index in [0.717, 1.165) is 84.1 Å². The maximum atomic E-state index is 13.9. The van der Waals surface area contributed by atoms with Gasteiger partial charge in [0.05, 0.1) is 0 Å². The van der Waals surface area contributed by atoms with Crippen molar-refractivity contribution < 1.29 is 23.5 Å². The number of benzene rings is 1. The lowest BCUT2D eigenvalue weighted by atomic mass is 9.83. The van der Waals surface area contributed by atoms with Gasteiger partial charge in [0, 0.05) is 38.0 Å². The Kier molecular flexibility index (Phi) is 24.5. The zero-order chi connectivity index (χ0) is 39.4. The van der Waals surface area contributed by atoms with E-state index in [9.17, 15) is 18.8 Å². The summed E-state index contributed by atoms with van der Waals surface area (Å²) < 4.78 is 19.7. The Morgan fingerprint density at radius 2 is 1.16 bits per heavy atom. The molecule has 55 heavy (non-hydrogen) atoms. The van der Waals surface area contributed by atoms with Crippen molar-refractivity contribution in [3.8, 4) is 0 Å². The second-order valence-corrected chi connectivity index (χ2v) is 16.5. The summed E-state index contributed by atoms with van der Waals surface area (Å²) in [5.74, 6) is -0.330. The molecule has 0 radical (unpaired) electrons. The zero-order valence-corrected chi connectivity index (χ0v) is 35.1. The maximum absolute atomic E-state index is 13.9. The van der Waals surface area contributed by atoms with E-state index >= 15 is 0 Å². The van der Waals surface area contributed by atoms with E-state index in [1.165, 1.54) is 108 Å². The fourth-order valence-corrected chi connectivity index (χ4v) is 8.38. The molecule has 2 aliphatic heterocycles. The summed E-state index contributed by atoms with van der Waals surface area (Å²) in [6.07, 6.45) is 32.4. The van der Waals surface area contributed by atoms with Gasteiger partial charge >= 0.3 is 5.97 Å². The van der Waals surface area contributed by atoms with Crippen LogP contribution in [0, 0.1) is 5.82 Å². The molecule has 1 aromatic rings. The van der Waals surface area contributed by atoms with Crippen molar-refractivity contribution in [2.24, 2.45) is 0 Å². The van der Waals surface area contributed by atoms with Crippen LogP contribution in [0.1, 0.15) is 199 Å². The molecule has 1 N–H and O–H groups in total. The number of amides is 2. The molecule has 1 aromatic carbocycles. The van der Waals surface area contributed by atoms with Crippen LogP contribution in [0.15, 0.2) is 30.3 Å². The van der Waals surface area contributed by atoms with E-state index in [1.807, 2.05) is 6.08 Å². The Balaban J connectivity index is 1.45. The van der Waals surface area contributed by atoms with Crippen molar-refractivity contribution in [2.45, 2.75) is 199 Å². The number of carbonyl (C=O) groups is 3. The summed E-state index contributed by atoms with van der Waals surface area (Å²) in [6.45, 7) is 8.56. The summed E-state index contributed by atoms with van der Waals surface area (Å²) >= 11 is 0. The first kappa shape index (κ1) is 46.8. The van der Waals surface area contributed by atoms with Gasteiger partial charge in [0.2, 0.25) is 11.8 Å². The van der Waals surface area contributed by atoms with Crippen LogP contribution in [0.5, 0.6) is 0 Å². The molecule has 8 heteroatoms. The predicted molar refractivity (Wildman–Crippen MR) is 225 cm³/mol. The summed E-state index contributed by atoms with van der Waals surface area (Å²) in [7, 11) is 0. The number of piperidine rings is 2. The molecule has 2 amide bonds. The Labute approximate surface area is 335 Å². The molecule has 2 heterocycles. The van der Waals surface area contributed by atoms with Gasteiger partial charge in [0.25, 0.3) is 0 Å². The van der Waals surface area contributed by atoms with E-state index in [2.05, 4.69) is 29.0 Å². The first-order chi connectivity index (χ1) is 26.9. The zero-order valence-electron chi connectivity index (χ0n) is 35.1. The third-order valence-corrected chi connectivity index (χ3v) is 11.9. The quantitative estimate of drug-likeness (QED) is 0.0497. The molecule has 0 unspecified atom stereocenters. The van der Waals surface area contributed by atoms with Gasteiger partial charge in [0.15, 0.2) is 0 Å². The molecular formula is C47H78FN3O4. The third-order valence-electron chi connectivity index (χ3n) is 11.9. The van der Waals surface area contributed by atoms with Gasteiger partial charge in [-0.1, -0.05) is 136 Å². The number of rotatable bonds is 29. The highest BCUT2D eigenvalue weighted by molar-refractivity contribution is 6.00. The number of hydrogen-bond donors (Lipinski definition) is 1. The van der Waals surface area contributed by atoms with Crippen LogP contribution in [0.4, 0.5) is 4.39 Å².